The number of ether oxygens (including phenoxy) is 2. The predicted octanol–water partition coefficient (Wildman–Crippen LogP) is 4.59. The second-order valence-corrected chi connectivity index (χ2v) is 8.50. The van der Waals surface area contributed by atoms with Crippen molar-refractivity contribution in [3.63, 3.8) is 0 Å². The summed E-state index contributed by atoms with van der Waals surface area (Å²) < 4.78 is 11.5. The number of aliphatic hydroxyl groups is 1. The Hall–Kier alpha value is -3.46. The van der Waals surface area contributed by atoms with Crippen LogP contribution in [0.3, 0.4) is 0 Å². The van der Waals surface area contributed by atoms with Gasteiger partial charge in [0.2, 0.25) is 0 Å². The first-order chi connectivity index (χ1) is 16.6. The first-order valence-corrected chi connectivity index (χ1v) is 11.4. The largest absolute Gasteiger partial charge is 0.457 e. The second-order valence-electron chi connectivity index (χ2n) is 8.09. The van der Waals surface area contributed by atoms with Crippen LogP contribution in [0.4, 0.5) is 5.82 Å². The van der Waals surface area contributed by atoms with E-state index < -0.39 is 0 Å². The molecular formula is C25H23ClN4O4. The van der Waals surface area contributed by atoms with E-state index in [-0.39, 0.29) is 29.6 Å². The van der Waals surface area contributed by atoms with Gasteiger partial charge in [-0.05, 0) is 37.1 Å². The Morgan fingerprint density at radius 3 is 2.74 bits per heavy atom. The van der Waals surface area contributed by atoms with Crippen LogP contribution in [-0.2, 0) is 4.74 Å². The molecule has 0 aliphatic carbocycles. The van der Waals surface area contributed by atoms with Crippen molar-refractivity contribution in [1.82, 2.24) is 15.0 Å². The van der Waals surface area contributed by atoms with Gasteiger partial charge >= 0.3 is 0 Å². The van der Waals surface area contributed by atoms with Gasteiger partial charge in [0.1, 0.15) is 29.3 Å². The third-order valence-electron chi connectivity index (χ3n) is 5.79. The van der Waals surface area contributed by atoms with Crippen LogP contribution in [0, 0.1) is 0 Å². The summed E-state index contributed by atoms with van der Waals surface area (Å²) in [6.07, 6.45) is 4.49. The van der Waals surface area contributed by atoms with E-state index in [2.05, 4.69) is 20.3 Å². The van der Waals surface area contributed by atoms with Crippen molar-refractivity contribution in [3.05, 3.63) is 77.2 Å². The van der Waals surface area contributed by atoms with Gasteiger partial charge in [0.15, 0.2) is 5.78 Å². The highest BCUT2D eigenvalue weighted by Gasteiger charge is 2.25. The molecule has 0 spiro atoms. The molecule has 5 rings (SSSR count). The number of halogens is 1. The van der Waals surface area contributed by atoms with Gasteiger partial charge in [0.25, 0.3) is 0 Å². The van der Waals surface area contributed by atoms with Crippen LogP contribution in [0.1, 0.15) is 28.8 Å². The smallest absolute Gasteiger partial charge is 0.196 e. The number of H-pyrrole nitrogens is 1. The highest BCUT2D eigenvalue weighted by atomic mass is 35.5. The van der Waals surface area contributed by atoms with Gasteiger partial charge in [-0.1, -0.05) is 29.8 Å². The second kappa shape index (κ2) is 9.80. The van der Waals surface area contributed by atoms with Crippen LogP contribution in [0.15, 0.2) is 61.1 Å². The molecule has 0 radical (unpaired) electrons. The first kappa shape index (κ1) is 22.3. The number of carbonyl (C=O) groups excluding carboxylic acids is 1. The Labute approximate surface area is 200 Å². The molecule has 2 atom stereocenters. The molecular weight excluding hydrogens is 456 g/mol. The van der Waals surface area contributed by atoms with Gasteiger partial charge in [0.05, 0.1) is 41.3 Å². The zero-order chi connectivity index (χ0) is 23.5. The lowest BCUT2D eigenvalue weighted by molar-refractivity contribution is -0.0224. The van der Waals surface area contributed by atoms with E-state index in [9.17, 15) is 9.90 Å². The van der Waals surface area contributed by atoms with E-state index in [1.54, 1.807) is 24.4 Å². The number of aromatic amines is 1. The fraction of sp³-hybridized carbons (Fsp3) is 0.240. The first-order valence-electron chi connectivity index (χ1n) is 11.0. The van der Waals surface area contributed by atoms with Gasteiger partial charge in [-0.2, -0.15) is 0 Å². The van der Waals surface area contributed by atoms with Crippen molar-refractivity contribution >= 4 is 34.2 Å². The van der Waals surface area contributed by atoms with Gasteiger partial charge < -0.3 is 24.9 Å². The number of carbonyl (C=O) groups is 1. The molecule has 1 fully saturated rings. The van der Waals surface area contributed by atoms with Gasteiger partial charge in [0, 0.05) is 17.8 Å². The van der Waals surface area contributed by atoms with Crippen molar-refractivity contribution in [2.24, 2.45) is 0 Å². The number of benzene rings is 2. The van der Waals surface area contributed by atoms with Crippen molar-refractivity contribution < 1.29 is 19.4 Å². The van der Waals surface area contributed by atoms with E-state index >= 15 is 0 Å². The normalized spacial score (nSPS) is 18.1. The molecule has 3 heterocycles. The molecule has 34 heavy (non-hydrogen) atoms. The van der Waals surface area contributed by atoms with Crippen LogP contribution in [0.2, 0.25) is 5.02 Å². The number of nitrogens with zero attached hydrogens (tertiary/aromatic N) is 2. The third-order valence-corrected chi connectivity index (χ3v) is 6.11. The van der Waals surface area contributed by atoms with Gasteiger partial charge in [-0.15, -0.1) is 0 Å². The number of ketones is 1. The Morgan fingerprint density at radius 1 is 1.15 bits per heavy atom. The summed E-state index contributed by atoms with van der Waals surface area (Å²) in [5.41, 5.74) is 1.32. The summed E-state index contributed by atoms with van der Waals surface area (Å²) in [4.78, 5) is 25.2. The molecule has 1 saturated heterocycles. The number of hydrogen-bond donors (Lipinski definition) is 3. The van der Waals surface area contributed by atoms with E-state index in [1.807, 2.05) is 30.3 Å². The zero-order valence-electron chi connectivity index (χ0n) is 18.2. The minimum atomic E-state index is -0.249. The number of rotatable bonds is 7. The van der Waals surface area contributed by atoms with Crippen molar-refractivity contribution in [2.75, 3.05) is 18.5 Å². The highest BCUT2D eigenvalue weighted by molar-refractivity contribution is 6.35. The van der Waals surface area contributed by atoms with Crippen molar-refractivity contribution in [3.8, 4) is 11.5 Å². The number of hydrogen-bond acceptors (Lipinski definition) is 7. The summed E-state index contributed by atoms with van der Waals surface area (Å²) >= 11 is 6.49. The molecule has 0 amide bonds. The molecule has 4 aromatic rings. The number of nitrogens with one attached hydrogen (secondary N) is 2. The van der Waals surface area contributed by atoms with E-state index in [0.29, 0.717) is 46.1 Å². The molecule has 1 unspecified atom stereocenters. The van der Waals surface area contributed by atoms with Crippen molar-refractivity contribution in [2.45, 2.75) is 25.0 Å². The summed E-state index contributed by atoms with van der Waals surface area (Å²) in [5, 5.41) is 13.5. The average molecular weight is 479 g/mol. The maximum Gasteiger partial charge on any atom is 0.196 e. The maximum atomic E-state index is 13.5. The van der Waals surface area contributed by atoms with Crippen LogP contribution < -0.4 is 10.1 Å². The number of para-hydroxylation sites is 1. The lowest BCUT2D eigenvalue weighted by Crippen LogP contribution is -2.36. The monoisotopic (exact) mass is 478 g/mol. The van der Waals surface area contributed by atoms with E-state index in [1.165, 1.54) is 6.33 Å². The van der Waals surface area contributed by atoms with Crippen molar-refractivity contribution in [1.29, 1.82) is 0 Å². The minimum Gasteiger partial charge on any atom is -0.457 e. The molecule has 2 aromatic carbocycles. The number of aromatic nitrogens is 3. The molecule has 8 nitrogen and oxygen atoms in total. The number of aliphatic hydroxyl groups excluding tert-OH is 1. The number of fused-ring (bicyclic) bond motifs is 1. The standard InChI is InChI=1S/C25H23ClN4O4/c26-21-10-17(34-16-4-2-1-3-5-16)8-9-19(21)23(32)20-11-27-24-22(20)25(29-14-28-24)30-15-6-7-18(12-31)33-13-15/h1-5,8-11,14-15,18,31H,6-7,12-13H2,(H2,27,28,29,30)/t15?,18-/m1/s1. The summed E-state index contributed by atoms with van der Waals surface area (Å²) in [7, 11) is 0. The Kier molecular flexibility index (Phi) is 6.44. The summed E-state index contributed by atoms with van der Waals surface area (Å²) in [6.45, 7) is 0.454. The molecule has 0 saturated carbocycles. The molecule has 1 aliphatic rings. The van der Waals surface area contributed by atoms with E-state index in [0.717, 1.165) is 12.8 Å². The SMILES string of the molecule is O=C(c1ccc(Oc2ccccc2)cc1Cl)c1c[nH]c2ncnc(NC3CC[C@H](CO)OC3)c12. The summed E-state index contributed by atoms with van der Waals surface area (Å²) in [6, 6.07) is 14.4. The Balaban J connectivity index is 1.40. The quantitative estimate of drug-likeness (QED) is 0.333. The van der Waals surface area contributed by atoms with Crippen LogP contribution in [0.25, 0.3) is 11.0 Å². The highest BCUT2D eigenvalue weighted by Crippen LogP contribution is 2.32. The lowest BCUT2D eigenvalue weighted by Gasteiger charge is -2.29. The minimum absolute atomic E-state index is 0.0108. The van der Waals surface area contributed by atoms with E-state index in [4.69, 9.17) is 21.1 Å². The Bertz CT molecular complexity index is 1300. The van der Waals surface area contributed by atoms with Gasteiger partial charge in [-0.25, -0.2) is 9.97 Å². The molecule has 1 aliphatic heterocycles. The lowest BCUT2D eigenvalue weighted by atomic mass is 10.0. The maximum absolute atomic E-state index is 13.5. The average Bonchev–Trinajstić information content (AvgIpc) is 3.30. The topological polar surface area (TPSA) is 109 Å². The third kappa shape index (κ3) is 4.61. The van der Waals surface area contributed by atoms with Crippen LogP contribution in [0.5, 0.6) is 11.5 Å². The fourth-order valence-corrected chi connectivity index (χ4v) is 4.28. The molecule has 9 heteroatoms. The molecule has 3 N–H and O–H groups in total. The van der Waals surface area contributed by atoms with Crippen LogP contribution in [-0.4, -0.2) is 51.2 Å². The molecule has 2 aromatic heterocycles. The Morgan fingerprint density at radius 2 is 2.00 bits per heavy atom. The van der Waals surface area contributed by atoms with Crippen LogP contribution >= 0.6 is 11.6 Å². The number of anilines is 1. The van der Waals surface area contributed by atoms with Gasteiger partial charge in [-0.3, -0.25) is 4.79 Å². The molecule has 0 bridgehead atoms. The predicted molar refractivity (Wildman–Crippen MR) is 129 cm³/mol. The molecule has 174 valence electrons. The summed E-state index contributed by atoms with van der Waals surface area (Å²) in [5.74, 6) is 1.52. The fourth-order valence-electron chi connectivity index (χ4n) is 4.02. The zero-order valence-corrected chi connectivity index (χ0v) is 19.0.